The second-order valence-electron chi connectivity index (χ2n) is 5.86. The van der Waals surface area contributed by atoms with Crippen LogP contribution in [-0.4, -0.2) is 33.5 Å². The van der Waals surface area contributed by atoms with E-state index in [1.54, 1.807) is 24.3 Å². The molecular weight excluding hydrogens is 303 g/mol. The highest BCUT2D eigenvalue weighted by molar-refractivity contribution is 7.86. The molecule has 1 aliphatic carbocycles. The molecule has 1 aromatic rings. The third-order valence-electron chi connectivity index (χ3n) is 4.19. The zero-order chi connectivity index (χ0) is 15.3. The third-order valence-corrected chi connectivity index (χ3v) is 8.17. The van der Waals surface area contributed by atoms with Gasteiger partial charge in [-0.1, -0.05) is 37.0 Å². The van der Waals surface area contributed by atoms with Gasteiger partial charge in [-0.15, -0.1) is 7.92 Å². The molecule has 0 heterocycles. The van der Waals surface area contributed by atoms with Crippen LogP contribution >= 0.6 is 7.92 Å². The first kappa shape index (κ1) is 16.9. The number of rotatable bonds is 6. The lowest BCUT2D eigenvalue weighted by atomic mass is 10.0. The predicted molar refractivity (Wildman–Crippen MR) is 88.9 cm³/mol. The molecule has 5 heteroatoms. The van der Waals surface area contributed by atoms with Gasteiger partial charge < -0.3 is 0 Å². The molecule has 2 rings (SSSR count). The molecule has 0 unspecified atom stereocenters. The van der Waals surface area contributed by atoms with Gasteiger partial charge in [-0.2, -0.15) is 8.42 Å². The van der Waals surface area contributed by atoms with Crippen LogP contribution < -0.4 is 0 Å². The Morgan fingerprint density at radius 1 is 1.14 bits per heavy atom. The van der Waals surface area contributed by atoms with E-state index in [0.717, 1.165) is 17.4 Å². The van der Waals surface area contributed by atoms with E-state index < -0.39 is 10.1 Å². The summed E-state index contributed by atoms with van der Waals surface area (Å²) in [4.78, 5) is 0.256. The Morgan fingerprint density at radius 2 is 1.76 bits per heavy atom. The summed E-state index contributed by atoms with van der Waals surface area (Å²) in [6.45, 7) is 4.54. The first-order valence-electron chi connectivity index (χ1n) is 7.65. The zero-order valence-corrected chi connectivity index (χ0v) is 14.6. The van der Waals surface area contributed by atoms with Crippen molar-refractivity contribution in [2.45, 2.75) is 49.6 Å². The largest absolute Gasteiger partial charge is 0.296 e. The maximum absolute atomic E-state index is 12.1. The second kappa shape index (κ2) is 7.71. The van der Waals surface area contributed by atoms with Crippen molar-refractivity contribution in [3.8, 4) is 0 Å². The first-order valence-corrected chi connectivity index (χ1v) is 11.1. The van der Waals surface area contributed by atoms with E-state index in [1.165, 1.54) is 32.1 Å². The highest BCUT2D eigenvalue weighted by Gasteiger charge is 2.21. The van der Waals surface area contributed by atoms with E-state index >= 15 is 0 Å². The molecule has 1 aromatic carbocycles. The molecule has 21 heavy (non-hydrogen) atoms. The highest BCUT2D eigenvalue weighted by atomic mass is 32.2. The van der Waals surface area contributed by atoms with Crippen LogP contribution in [0.5, 0.6) is 0 Å². The van der Waals surface area contributed by atoms with Gasteiger partial charge in [-0.05, 0) is 50.4 Å². The van der Waals surface area contributed by atoms with Crippen molar-refractivity contribution in [2.24, 2.45) is 0 Å². The summed E-state index contributed by atoms with van der Waals surface area (Å²) in [5.74, 6) is 0. The fourth-order valence-electron chi connectivity index (χ4n) is 2.77. The van der Waals surface area contributed by atoms with Crippen molar-refractivity contribution >= 4 is 18.0 Å². The van der Waals surface area contributed by atoms with Crippen molar-refractivity contribution in [3.63, 3.8) is 0 Å². The summed E-state index contributed by atoms with van der Waals surface area (Å²) in [5, 5.41) is 0. The molecule has 118 valence electrons. The Labute approximate surface area is 130 Å². The van der Waals surface area contributed by atoms with Gasteiger partial charge in [0.15, 0.2) is 0 Å². The lowest BCUT2D eigenvalue weighted by molar-refractivity contribution is 0.340. The summed E-state index contributed by atoms with van der Waals surface area (Å²) in [6.07, 6.45) is 7.53. The van der Waals surface area contributed by atoms with Crippen molar-refractivity contribution in [2.75, 3.05) is 19.4 Å². The molecular formula is C16H25O3PS. The number of benzene rings is 1. The van der Waals surface area contributed by atoms with Crippen LogP contribution in [0, 0.1) is 6.92 Å². The summed E-state index contributed by atoms with van der Waals surface area (Å²) < 4.78 is 29.4. The predicted octanol–water partition coefficient (Wildman–Crippen LogP) is 4.14. The van der Waals surface area contributed by atoms with Gasteiger partial charge in [0.1, 0.15) is 0 Å². The minimum absolute atomic E-state index is 0.115. The van der Waals surface area contributed by atoms with Crippen LogP contribution in [0.25, 0.3) is 0 Å². The lowest BCUT2D eigenvalue weighted by Gasteiger charge is -2.27. The standard InChI is InChI=1S/C16H25O3PS/c1-14-8-10-16(11-9-14)21(17,18)19-12-13-20(2)15-6-4-3-5-7-15/h8-11,15H,3-7,12-13H2,1-2H3/t20-/m1/s1. The summed E-state index contributed by atoms with van der Waals surface area (Å²) in [6, 6.07) is 6.82. The van der Waals surface area contributed by atoms with E-state index in [9.17, 15) is 8.42 Å². The normalized spacial score (nSPS) is 18.6. The summed E-state index contributed by atoms with van der Waals surface area (Å²) in [5.41, 5.74) is 1.85. The molecule has 0 aromatic heterocycles. The fraction of sp³-hybridized carbons (Fsp3) is 0.625. The van der Waals surface area contributed by atoms with Crippen LogP contribution in [0.2, 0.25) is 0 Å². The molecule has 0 N–H and O–H groups in total. The topological polar surface area (TPSA) is 43.4 Å². The average molecular weight is 328 g/mol. The van der Waals surface area contributed by atoms with E-state index in [-0.39, 0.29) is 12.8 Å². The molecule has 0 spiro atoms. The van der Waals surface area contributed by atoms with Crippen molar-refractivity contribution in [3.05, 3.63) is 29.8 Å². The molecule has 0 radical (unpaired) electrons. The Kier molecular flexibility index (Phi) is 6.21. The minimum Gasteiger partial charge on any atom is -0.266 e. The van der Waals surface area contributed by atoms with Crippen LogP contribution in [-0.2, 0) is 14.3 Å². The number of hydrogen-bond acceptors (Lipinski definition) is 3. The minimum atomic E-state index is -3.59. The second-order valence-corrected chi connectivity index (χ2v) is 10.2. The smallest absolute Gasteiger partial charge is 0.266 e. The van der Waals surface area contributed by atoms with E-state index in [2.05, 4.69) is 6.66 Å². The van der Waals surface area contributed by atoms with Crippen molar-refractivity contribution in [1.82, 2.24) is 0 Å². The molecule has 0 aliphatic heterocycles. The van der Waals surface area contributed by atoms with Crippen LogP contribution in [0.1, 0.15) is 37.7 Å². The molecule has 0 bridgehead atoms. The molecule has 1 aliphatic rings. The Bertz CT molecular complexity index is 533. The molecule has 1 atom stereocenters. The van der Waals surface area contributed by atoms with Gasteiger partial charge in [-0.3, -0.25) is 4.18 Å². The molecule has 1 saturated carbocycles. The average Bonchev–Trinajstić information content (AvgIpc) is 2.48. The van der Waals surface area contributed by atoms with Crippen LogP contribution in [0.3, 0.4) is 0 Å². The van der Waals surface area contributed by atoms with E-state index in [4.69, 9.17) is 4.18 Å². The lowest BCUT2D eigenvalue weighted by Crippen LogP contribution is -2.15. The maximum Gasteiger partial charge on any atom is 0.296 e. The molecule has 3 nitrogen and oxygen atoms in total. The van der Waals surface area contributed by atoms with Gasteiger partial charge in [-0.25, -0.2) is 0 Å². The highest BCUT2D eigenvalue weighted by Crippen LogP contribution is 2.44. The Balaban J connectivity index is 1.83. The maximum atomic E-state index is 12.1. The van der Waals surface area contributed by atoms with Gasteiger partial charge in [0, 0.05) is 0 Å². The SMILES string of the molecule is Cc1ccc(S(=O)(=O)OCC[P@@](C)C2CCCCC2)cc1. The quantitative estimate of drug-likeness (QED) is 0.582. The van der Waals surface area contributed by atoms with Gasteiger partial charge in [0.2, 0.25) is 0 Å². The van der Waals surface area contributed by atoms with E-state index in [1.807, 2.05) is 6.92 Å². The molecule has 1 fully saturated rings. The monoisotopic (exact) mass is 328 g/mol. The van der Waals surface area contributed by atoms with E-state index in [0.29, 0.717) is 6.61 Å². The Hall–Kier alpha value is -0.440. The molecule has 0 saturated heterocycles. The van der Waals surface area contributed by atoms with Crippen LogP contribution in [0.15, 0.2) is 29.2 Å². The van der Waals surface area contributed by atoms with Crippen LogP contribution in [0.4, 0.5) is 0 Å². The fourth-order valence-corrected chi connectivity index (χ4v) is 5.79. The summed E-state index contributed by atoms with van der Waals surface area (Å²) in [7, 11) is -3.71. The molecule has 0 amide bonds. The third kappa shape index (κ3) is 5.05. The number of aryl methyl sites for hydroxylation is 1. The van der Waals surface area contributed by atoms with Crippen molar-refractivity contribution in [1.29, 1.82) is 0 Å². The van der Waals surface area contributed by atoms with Gasteiger partial charge in [0.05, 0.1) is 11.5 Å². The Morgan fingerprint density at radius 3 is 2.38 bits per heavy atom. The first-order chi connectivity index (χ1) is 9.99. The number of hydrogen-bond donors (Lipinski definition) is 0. The summed E-state index contributed by atoms with van der Waals surface area (Å²) >= 11 is 0. The van der Waals surface area contributed by atoms with Gasteiger partial charge >= 0.3 is 0 Å². The van der Waals surface area contributed by atoms with Crippen molar-refractivity contribution < 1.29 is 12.6 Å². The van der Waals surface area contributed by atoms with Gasteiger partial charge in [0.25, 0.3) is 10.1 Å². The zero-order valence-electron chi connectivity index (χ0n) is 12.9.